The van der Waals surface area contributed by atoms with Gasteiger partial charge in [0.25, 0.3) is 0 Å². The number of ether oxygens (including phenoxy) is 1. The Morgan fingerprint density at radius 2 is 2.00 bits per heavy atom. The maximum absolute atomic E-state index is 11.7. The van der Waals surface area contributed by atoms with Gasteiger partial charge in [-0.25, -0.2) is 4.79 Å². The first kappa shape index (κ1) is 18.4. The Hall–Kier alpha value is -1.62. The van der Waals surface area contributed by atoms with E-state index < -0.39 is 5.60 Å². The lowest BCUT2D eigenvalue weighted by atomic mass is 10.0. The first-order valence-corrected chi connectivity index (χ1v) is 7.79. The zero-order chi connectivity index (χ0) is 16.8. The Labute approximate surface area is 133 Å². The average molecular weight is 307 g/mol. The van der Waals surface area contributed by atoms with E-state index in [9.17, 15) is 4.79 Å². The van der Waals surface area contributed by atoms with E-state index in [4.69, 9.17) is 4.74 Å². The molecule has 124 valence electrons. The van der Waals surface area contributed by atoms with Gasteiger partial charge in [-0.15, -0.1) is 0 Å². The molecule has 1 heterocycles. The van der Waals surface area contributed by atoms with Gasteiger partial charge in [0.05, 0.1) is 0 Å². The third-order valence-corrected chi connectivity index (χ3v) is 3.21. The molecule has 0 aromatic carbocycles. The molecule has 0 saturated heterocycles. The molecule has 1 unspecified atom stereocenters. The van der Waals surface area contributed by atoms with E-state index in [1.54, 1.807) is 0 Å². The van der Waals surface area contributed by atoms with Crippen molar-refractivity contribution in [3.05, 3.63) is 29.6 Å². The molecular weight excluding hydrogens is 278 g/mol. The van der Waals surface area contributed by atoms with E-state index in [1.807, 2.05) is 40.0 Å². The van der Waals surface area contributed by atoms with Crippen molar-refractivity contribution in [2.45, 2.75) is 59.7 Å². The van der Waals surface area contributed by atoms with Crippen molar-refractivity contribution in [2.24, 2.45) is 5.92 Å². The Balaban J connectivity index is 2.45. The van der Waals surface area contributed by atoms with Crippen molar-refractivity contribution in [3.63, 3.8) is 0 Å². The molecule has 5 heteroatoms. The van der Waals surface area contributed by atoms with Crippen molar-refractivity contribution < 1.29 is 9.53 Å². The number of pyridine rings is 1. The van der Waals surface area contributed by atoms with Gasteiger partial charge in [-0.05, 0) is 45.2 Å². The number of hydrogen-bond acceptors (Lipinski definition) is 4. The van der Waals surface area contributed by atoms with Gasteiger partial charge in [0.1, 0.15) is 5.60 Å². The summed E-state index contributed by atoms with van der Waals surface area (Å²) in [4.78, 5) is 16.0. The Bertz CT molecular complexity index is 464. The minimum atomic E-state index is -0.474. The Morgan fingerprint density at radius 1 is 1.32 bits per heavy atom. The Kier molecular flexibility index (Phi) is 6.81. The number of alkyl carbamates (subject to hydrolysis) is 1. The molecule has 0 aliphatic rings. The topological polar surface area (TPSA) is 63.2 Å². The number of aromatic nitrogens is 1. The van der Waals surface area contributed by atoms with Gasteiger partial charge in [-0.3, -0.25) is 4.98 Å². The first-order chi connectivity index (χ1) is 10.2. The van der Waals surface area contributed by atoms with Gasteiger partial charge in [0.2, 0.25) is 0 Å². The van der Waals surface area contributed by atoms with E-state index in [-0.39, 0.29) is 12.1 Å². The largest absolute Gasteiger partial charge is 0.444 e. The third-order valence-electron chi connectivity index (χ3n) is 3.21. The van der Waals surface area contributed by atoms with Crippen LogP contribution in [0.25, 0.3) is 0 Å². The number of rotatable bonds is 6. The number of nitrogens with zero attached hydrogens (tertiary/aromatic N) is 1. The molecule has 22 heavy (non-hydrogen) atoms. The summed E-state index contributed by atoms with van der Waals surface area (Å²) in [7, 11) is 0. The molecule has 1 atom stereocenters. The van der Waals surface area contributed by atoms with Crippen LogP contribution < -0.4 is 10.6 Å². The second-order valence-corrected chi connectivity index (χ2v) is 6.92. The highest BCUT2D eigenvalue weighted by molar-refractivity contribution is 5.67. The monoisotopic (exact) mass is 307 g/mol. The van der Waals surface area contributed by atoms with Crippen LogP contribution in [0.3, 0.4) is 0 Å². The number of carbonyl (C=O) groups is 1. The van der Waals surface area contributed by atoms with E-state index in [2.05, 4.69) is 35.5 Å². The highest BCUT2D eigenvalue weighted by Gasteiger charge is 2.18. The number of nitrogens with one attached hydrogen (secondary N) is 2. The molecule has 0 aliphatic heterocycles. The van der Waals surface area contributed by atoms with Crippen molar-refractivity contribution in [1.29, 1.82) is 0 Å². The van der Waals surface area contributed by atoms with E-state index >= 15 is 0 Å². The molecule has 0 radical (unpaired) electrons. The smallest absolute Gasteiger partial charge is 0.407 e. The van der Waals surface area contributed by atoms with Gasteiger partial charge in [-0.2, -0.15) is 0 Å². The van der Waals surface area contributed by atoms with Crippen LogP contribution in [-0.4, -0.2) is 29.3 Å². The van der Waals surface area contributed by atoms with Crippen molar-refractivity contribution in [2.75, 3.05) is 6.54 Å². The van der Waals surface area contributed by atoms with Gasteiger partial charge >= 0.3 is 6.09 Å². The minimum absolute atomic E-state index is 0.175. The number of amides is 1. The van der Waals surface area contributed by atoms with Crippen molar-refractivity contribution >= 4 is 6.09 Å². The normalized spacial score (nSPS) is 13.0. The molecule has 0 fully saturated rings. The van der Waals surface area contributed by atoms with Crippen LogP contribution in [0.2, 0.25) is 0 Å². The quantitative estimate of drug-likeness (QED) is 0.848. The summed E-state index contributed by atoms with van der Waals surface area (Å²) in [5, 5.41) is 6.29. The van der Waals surface area contributed by atoms with Gasteiger partial charge in [0.15, 0.2) is 0 Å². The summed E-state index contributed by atoms with van der Waals surface area (Å²) in [6.45, 7) is 13.1. The fraction of sp³-hybridized carbons (Fsp3) is 0.647. The minimum Gasteiger partial charge on any atom is -0.444 e. The van der Waals surface area contributed by atoms with Crippen LogP contribution >= 0.6 is 0 Å². The summed E-state index contributed by atoms with van der Waals surface area (Å²) in [5.74, 6) is 0.397. The molecule has 1 amide bonds. The van der Waals surface area contributed by atoms with Crippen molar-refractivity contribution in [1.82, 2.24) is 15.6 Å². The lowest BCUT2D eigenvalue weighted by Crippen LogP contribution is -2.45. The van der Waals surface area contributed by atoms with Crippen LogP contribution in [-0.2, 0) is 11.3 Å². The zero-order valence-electron chi connectivity index (χ0n) is 14.6. The third kappa shape index (κ3) is 7.41. The van der Waals surface area contributed by atoms with Crippen LogP contribution in [0.15, 0.2) is 18.3 Å². The Morgan fingerprint density at radius 3 is 2.50 bits per heavy atom. The first-order valence-electron chi connectivity index (χ1n) is 7.79. The molecule has 0 saturated carbocycles. The van der Waals surface area contributed by atoms with Crippen LogP contribution in [0.5, 0.6) is 0 Å². The molecule has 5 nitrogen and oxygen atoms in total. The lowest BCUT2D eigenvalue weighted by Gasteiger charge is -2.25. The standard InChI is InChI=1S/C17H29N3O2/c1-12(2)15(11-20-16(21)22-17(4,5)6)19-10-14-8-7-13(3)18-9-14/h7-9,12,15,19H,10-11H2,1-6H3,(H,20,21). The van der Waals surface area contributed by atoms with Crippen LogP contribution in [0.4, 0.5) is 4.79 Å². The second-order valence-electron chi connectivity index (χ2n) is 6.92. The van der Waals surface area contributed by atoms with Gasteiger partial charge in [-0.1, -0.05) is 19.9 Å². The second kappa shape index (κ2) is 8.13. The maximum atomic E-state index is 11.7. The summed E-state index contributed by atoms with van der Waals surface area (Å²) >= 11 is 0. The number of aryl methyl sites for hydroxylation is 1. The number of hydrogen-bond donors (Lipinski definition) is 2. The molecule has 1 aromatic rings. The SMILES string of the molecule is Cc1ccc(CNC(CNC(=O)OC(C)(C)C)C(C)C)cn1. The van der Waals surface area contributed by atoms with E-state index in [0.717, 1.165) is 17.8 Å². The molecular formula is C17H29N3O2. The van der Waals surface area contributed by atoms with Crippen LogP contribution in [0.1, 0.15) is 45.9 Å². The fourth-order valence-electron chi connectivity index (χ4n) is 1.90. The fourth-order valence-corrected chi connectivity index (χ4v) is 1.90. The van der Waals surface area contributed by atoms with E-state index in [1.165, 1.54) is 0 Å². The van der Waals surface area contributed by atoms with Gasteiger partial charge in [0, 0.05) is 31.0 Å². The zero-order valence-corrected chi connectivity index (χ0v) is 14.6. The summed E-state index contributed by atoms with van der Waals surface area (Å²) in [5.41, 5.74) is 1.67. The highest BCUT2D eigenvalue weighted by Crippen LogP contribution is 2.07. The molecule has 0 spiro atoms. The van der Waals surface area contributed by atoms with Crippen LogP contribution in [0, 0.1) is 12.8 Å². The summed E-state index contributed by atoms with van der Waals surface area (Å²) in [6.07, 6.45) is 1.50. The summed E-state index contributed by atoms with van der Waals surface area (Å²) < 4.78 is 5.26. The van der Waals surface area contributed by atoms with Gasteiger partial charge < -0.3 is 15.4 Å². The van der Waals surface area contributed by atoms with Crippen molar-refractivity contribution in [3.8, 4) is 0 Å². The van der Waals surface area contributed by atoms with E-state index in [0.29, 0.717) is 12.5 Å². The molecule has 1 aromatic heterocycles. The lowest BCUT2D eigenvalue weighted by molar-refractivity contribution is 0.0519. The average Bonchev–Trinajstić information content (AvgIpc) is 2.38. The molecule has 2 N–H and O–H groups in total. The molecule has 0 bridgehead atoms. The maximum Gasteiger partial charge on any atom is 0.407 e. The highest BCUT2D eigenvalue weighted by atomic mass is 16.6. The predicted molar refractivity (Wildman–Crippen MR) is 88.7 cm³/mol. The summed E-state index contributed by atoms with van der Waals surface area (Å²) in [6, 6.07) is 4.24. The number of carbonyl (C=O) groups excluding carboxylic acids is 1. The molecule has 1 rings (SSSR count). The predicted octanol–water partition coefficient (Wildman–Crippen LogP) is 3.03. The molecule has 0 aliphatic carbocycles.